The molecule has 3 aromatic rings. The molecular formula is C20H22N4O4. The first kappa shape index (κ1) is 18.1. The molecule has 4 rings (SSSR count). The molecule has 0 atom stereocenters. The Morgan fingerprint density at radius 2 is 2.11 bits per heavy atom. The lowest BCUT2D eigenvalue weighted by Crippen LogP contribution is -2.19. The molecule has 146 valence electrons. The second-order valence-electron chi connectivity index (χ2n) is 6.71. The van der Waals surface area contributed by atoms with Gasteiger partial charge in [0.05, 0.1) is 19.9 Å². The Balaban J connectivity index is 1.49. The summed E-state index contributed by atoms with van der Waals surface area (Å²) in [5, 5.41) is 11.2. The number of rotatable bonds is 7. The van der Waals surface area contributed by atoms with Crippen LogP contribution >= 0.6 is 0 Å². The monoisotopic (exact) mass is 382 g/mol. The van der Waals surface area contributed by atoms with Gasteiger partial charge in [0.1, 0.15) is 23.7 Å². The van der Waals surface area contributed by atoms with Gasteiger partial charge in [0.15, 0.2) is 0 Å². The largest absolute Gasteiger partial charge is 0.497 e. The molecule has 1 aliphatic rings. The van der Waals surface area contributed by atoms with Crippen molar-refractivity contribution in [2.45, 2.75) is 31.7 Å². The first-order valence-electron chi connectivity index (χ1n) is 9.18. The summed E-state index contributed by atoms with van der Waals surface area (Å²) < 4.78 is 18.1. The van der Waals surface area contributed by atoms with Crippen LogP contribution in [0.3, 0.4) is 0 Å². The average molecular weight is 382 g/mol. The number of ether oxygens (including phenoxy) is 2. The van der Waals surface area contributed by atoms with Gasteiger partial charge < -0.3 is 23.8 Å². The molecular weight excluding hydrogens is 360 g/mol. The summed E-state index contributed by atoms with van der Waals surface area (Å²) in [4.78, 5) is 12.6. The van der Waals surface area contributed by atoms with Gasteiger partial charge in [-0.05, 0) is 37.1 Å². The smallest absolute Gasteiger partial charge is 0.264 e. The molecule has 0 bridgehead atoms. The Kier molecular flexibility index (Phi) is 5.01. The lowest BCUT2D eigenvalue weighted by Gasteiger charge is -2.20. The number of benzene rings is 1. The molecule has 0 aliphatic heterocycles. The van der Waals surface area contributed by atoms with E-state index in [9.17, 15) is 4.79 Å². The lowest BCUT2D eigenvalue weighted by atomic mass is 9.85. The third-order valence-electron chi connectivity index (χ3n) is 4.94. The van der Waals surface area contributed by atoms with Crippen molar-refractivity contribution < 1.29 is 18.7 Å². The maximum atomic E-state index is 12.6. The Bertz CT molecular complexity index is 974. The van der Waals surface area contributed by atoms with Gasteiger partial charge in [-0.25, -0.2) is 0 Å². The van der Waals surface area contributed by atoms with E-state index in [0.717, 1.165) is 12.8 Å². The number of nitrogens with zero attached hydrogens (tertiary/aromatic N) is 3. The fourth-order valence-electron chi connectivity index (χ4n) is 3.16. The molecule has 0 unspecified atom stereocenters. The summed E-state index contributed by atoms with van der Waals surface area (Å²) in [5.41, 5.74) is 1.26. The van der Waals surface area contributed by atoms with E-state index >= 15 is 0 Å². The second-order valence-corrected chi connectivity index (χ2v) is 6.71. The number of methoxy groups -OCH3 is 2. The van der Waals surface area contributed by atoms with Crippen molar-refractivity contribution in [3.63, 3.8) is 0 Å². The number of anilines is 1. The SMILES string of the molecule is COc1ccc(OC)c(NC(=O)Cn2cccc2-c2nnc(C3CCC3)o2)c1. The number of hydrogen-bond acceptors (Lipinski definition) is 6. The van der Waals surface area contributed by atoms with E-state index in [1.54, 1.807) is 37.0 Å². The normalized spacial score (nSPS) is 13.8. The maximum absolute atomic E-state index is 12.6. The van der Waals surface area contributed by atoms with Gasteiger partial charge in [-0.3, -0.25) is 4.79 Å². The number of amides is 1. The quantitative estimate of drug-likeness (QED) is 0.673. The molecule has 1 amide bonds. The minimum Gasteiger partial charge on any atom is -0.497 e. The molecule has 0 radical (unpaired) electrons. The third-order valence-corrected chi connectivity index (χ3v) is 4.94. The van der Waals surface area contributed by atoms with Crippen LogP contribution in [0.1, 0.15) is 31.1 Å². The van der Waals surface area contributed by atoms with Gasteiger partial charge in [-0.1, -0.05) is 6.42 Å². The van der Waals surface area contributed by atoms with E-state index in [1.807, 2.05) is 18.3 Å². The molecule has 1 saturated carbocycles. The molecule has 28 heavy (non-hydrogen) atoms. The third kappa shape index (κ3) is 3.58. The van der Waals surface area contributed by atoms with Crippen LogP contribution < -0.4 is 14.8 Å². The summed E-state index contributed by atoms with van der Waals surface area (Å²) in [7, 11) is 3.12. The molecule has 0 saturated heterocycles. The summed E-state index contributed by atoms with van der Waals surface area (Å²) >= 11 is 0. The molecule has 8 nitrogen and oxygen atoms in total. The van der Waals surface area contributed by atoms with Crippen molar-refractivity contribution in [2.24, 2.45) is 0 Å². The molecule has 0 spiro atoms. The van der Waals surface area contributed by atoms with Crippen LogP contribution in [-0.2, 0) is 11.3 Å². The van der Waals surface area contributed by atoms with Crippen molar-refractivity contribution in [1.29, 1.82) is 0 Å². The highest BCUT2D eigenvalue weighted by molar-refractivity contribution is 5.92. The zero-order chi connectivity index (χ0) is 19.5. The number of carbonyl (C=O) groups excluding carboxylic acids is 1. The van der Waals surface area contributed by atoms with Crippen molar-refractivity contribution in [1.82, 2.24) is 14.8 Å². The van der Waals surface area contributed by atoms with Crippen molar-refractivity contribution in [2.75, 3.05) is 19.5 Å². The zero-order valence-corrected chi connectivity index (χ0v) is 15.8. The highest BCUT2D eigenvalue weighted by Crippen LogP contribution is 2.36. The summed E-state index contributed by atoms with van der Waals surface area (Å²) in [5.74, 6) is 2.46. The van der Waals surface area contributed by atoms with Crippen LogP contribution in [-0.4, -0.2) is 34.9 Å². The minimum atomic E-state index is -0.206. The first-order valence-corrected chi connectivity index (χ1v) is 9.18. The van der Waals surface area contributed by atoms with E-state index in [0.29, 0.717) is 40.6 Å². The fraction of sp³-hybridized carbons (Fsp3) is 0.350. The van der Waals surface area contributed by atoms with Gasteiger partial charge in [-0.15, -0.1) is 10.2 Å². The van der Waals surface area contributed by atoms with E-state index in [4.69, 9.17) is 13.9 Å². The van der Waals surface area contributed by atoms with E-state index < -0.39 is 0 Å². The minimum absolute atomic E-state index is 0.101. The Labute approximate surface area is 162 Å². The van der Waals surface area contributed by atoms with Gasteiger partial charge in [0.2, 0.25) is 11.8 Å². The van der Waals surface area contributed by atoms with Crippen LogP contribution in [0.4, 0.5) is 5.69 Å². The molecule has 8 heteroatoms. The number of carbonyl (C=O) groups is 1. The van der Waals surface area contributed by atoms with E-state index in [1.165, 1.54) is 6.42 Å². The Hall–Kier alpha value is -3.29. The average Bonchev–Trinajstić information content (AvgIpc) is 3.29. The summed E-state index contributed by atoms with van der Waals surface area (Å²) in [6, 6.07) is 8.94. The van der Waals surface area contributed by atoms with Crippen LogP contribution in [0.2, 0.25) is 0 Å². The van der Waals surface area contributed by atoms with Gasteiger partial charge in [0, 0.05) is 18.2 Å². The van der Waals surface area contributed by atoms with E-state index in [2.05, 4.69) is 15.5 Å². The Morgan fingerprint density at radius 1 is 1.25 bits per heavy atom. The standard InChI is InChI=1S/C20H22N4O4/c1-26-14-8-9-17(27-2)15(11-14)21-18(25)12-24-10-4-7-16(24)20-23-22-19(28-20)13-5-3-6-13/h4,7-11,13H,3,5-6,12H2,1-2H3,(H,21,25). The predicted octanol–water partition coefficient (Wildman–Crippen LogP) is 3.46. The number of nitrogens with one attached hydrogen (secondary N) is 1. The number of hydrogen-bond donors (Lipinski definition) is 1. The molecule has 1 aromatic carbocycles. The molecule has 1 N–H and O–H groups in total. The number of aromatic nitrogens is 3. The Morgan fingerprint density at radius 3 is 2.82 bits per heavy atom. The van der Waals surface area contributed by atoms with Crippen LogP contribution in [0, 0.1) is 0 Å². The summed E-state index contributed by atoms with van der Waals surface area (Å²) in [6.07, 6.45) is 5.19. The maximum Gasteiger partial charge on any atom is 0.264 e. The van der Waals surface area contributed by atoms with Crippen molar-refractivity contribution >= 4 is 11.6 Å². The van der Waals surface area contributed by atoms with Gasteiger partial charge in [0.25, 0.3) is 5.89 Å². The van der Waals surface area contributed by atoms with Gasteiger partial charge in [-0.2, -0.15) is 0 Å². The highest BCUT2D eigenvalue weighted by atomic mass is 16.5. The topological polar surface area (TPSA) is 91.4 Å². The van der Waals surface area contributed by atoms with Crippen molar-refractivity contribution in [3.05, 3.63) is 42.4 Å². The molecule has 2 heterocycles. The first-order chi connectivity index (χ1) is 13.7. The van der Waals surface area contributed by atoms with Crippen molar-refractivity contribution in [3.8, 4) is 23.1 Å². The van der Waals surface area contributed by atoms with Crippen LogP contribution in [0.5, 0.6) is 11.5 Å². The predicted molar refractivity (Wildman–Crippen MR) is 102 cm³/mol. The lowest BCUT2D eigenvalue weighted by molar-refractivity contribution is -0.116. The van der Waals surface area contributed by atoms with E-state index in [-0.39, 0.29) is 12.5 Å². The summed E-state index contributed by atoms with van der Waals surface area (Å²) in [6.45, 7) is 0.101. The highest BCUT2D eigenvalue weighted by Gasteiger charge is 2.26. The second kappa shape index (κ2) is 7.75. The van der Waals surface area contributed by atoms with Crippen LogP contribution in [0.15, 0.2) is 40.9 Å². The zero-order valence-electron chi connectivity index (χ0n) is 15.8. The van der Waals surface area contributed by atoms with Gasteiger partial charge >= 0.3 is 0 Å². The molecule has 1 fully saturated rings. The fourth-order valence-corrected chi connectivity index (χ4v) is 3.16. The molecule has 1 aliphatic carbocycles. The van der Waals surface area contributed by atoms with Crippen LogP contribution in [0.25, 0.3) is 11.6 Å². The molecule has 2 aromatic heterocycles.